The van der Waals surface area contributed by atoms with Gasteiger partial charge in [0.15, 0.2) is 0 Å². The summed E-state index contributed by atoms with van der Waals surface area (Å²) < 4.78 is 11.4. The van der Waals surface area contributed by atoms with Gasteiger partial charge in [0.25, 0.3) is 0 Å². The molecule has 2 fully saturated rings. The van der Waals surface area contributed by atoms with E-state index in [1.165, 1.54) is 24.0 Å². The summed E-state index contributed by atoms with van der Waals surface area (Å²) in [6.45, 7) is 5.78. The first kappa shape index (κ1) is 13.6. The summed E-state index contributed by atoms with van der Waals surface area (Å²) in [4.78, 5) is 2.60. The monoisotopic (exact) mass is 288 g/mol. The third-order valence-electron chi connectivity index (χ3n) is 4.69. The van der Waals surface area contributed by atoms with E-state index in [-0.39, 0.29) is 0 Å². The van der Waals surface area contributed by atoms with Gasteiger partial charge in [0.2, 0.25) is 0 Å². The van der Waals surface area contributed by atoms with Crippen LogP contribution in [-0.2, 0) is 17.7 Å². The Morgan fingerprint density at radius 3 is 3.10 bits per heavy atom. The summed E-state index contributed by atoms with van der Waals surface area (Å²) in [5.74, 6) is 1.06. The maximum absolute atomic E-state index is 5.87. The standard InChI is InChI=1S/C17H24N2O2/c1-4-17-14(5-7-21-17)9-13(1)10-18-11-16-12-19(6-8-20-16)15-2-3-15/h1,4,9,15-16,18H,2-3,5-8,10-12H2. The van der Waals surface area contributed by atoms with Gasteiger partial charge in [-0.15, -0.1) is 0 Å². The summed E-state index contributed by atoms with van der Waals surface area (Å²) >= 11 is 0. The van der Waals surface area contributed by atoms with Crippen molar-refractivity contribution in [1.29, 1.82) is 0 Å². The number of fused-ring (bicyclic) bond motifs is 1. The Balaban J connectivity index is 1.25. The van der Waals surface area contributed by atoms with E-state index >= 15 is 0 Å². The second-order valence-electron chi connectivity index (χ2n) is 6.39. The molecule has 2 heterocycles. The minimum atomic E-state index is 0.345. The summed E-state index contributed by atoms with van der Waals surface area (Å²) in [6, 6.07) is 7.39. The van der Waals surface area contributed by atoms with Gasteiger partial charge in [-0.05, 0) is 30.0 Å². The minimum Gasteiger partial charge on any atom is -0.493 e. The average molecular weight is 288 g/mol. The van der Waals surface area contributed by atoms with E-state index in [0.29, 0.717) is 6.10 Å². The molecule has 1 unspecified atom stereocenters. The first-order valence-electron chi connectivity index (χ1n) is 8.19. The molecule has 1 saturated carbocycles. The smallest absolute Gasteiger partial charge is 0.122 e. The van der Waals surface area contributed by atoms with Crippen LogP contribution in [0.4, 0.5) is 0 Å². The van der Waals surface area contributed by atoms with Crippen LogP contribution >= 0.6 is 0 Å². The number of benzene rings is 1. The lowest BCUT2D eigenvalue weighted by atomic mass is 10.1. The van der Waals surface area contributed by atoms with Crippen LogP contribution in [0.15, 0.2) is 18.2 Å². The summed E-state index contributed by atoms with van der Waals surface area (Å²) in [5, 5.41) is 3.55. The Hall–Kier alpha value is -1.10. The lowest BCUT2D eigenvalue weighted by Crippen LogP contribution is -2.47. The highest BCUT2D eigenvalue weighted by molar-refractivity contribution is 5.39. The fraction of sp³-hybridized carbons (Fsp3) is 0.647. The Labute approximate surface area is 126 Å². The van der Waals surface area contributed by atoms with E-state index in [4.69, 9.17) is 9.47 Å². The number of hydrogen-bond donors (Lipinski definition) is 1. The van der Waals surface area contributed by atoms with Crippen molar-refractivity contribution in [2.24, 2.45) is 0 Å². The highest BCUT2D eigenvalue weighted by atomic mass is 16.5. The molecule has 4 heteroatoms. The third-order valence-corrected chi connectivity index (χ3v) is 4.69. The first-order chi connectivity index (χ1) is 10.4. The van der Waals surface area contributed by atoms with Gasteiger partial charge in [0.1, 0.15) is 5.75 Å². The third kappa shape index (κ3) is 3.23. The average Bonchev–Trinajstić information content (AvgIpc) is 3.26. The van der Waals surface area contributed by atoms with Gasteiger partial charge >= 0.3 is 0 Å². The maximum atomic E-state index is 5.87. The van der Waals surface area contributed by atoms with E-state index < -0.39 is 0 Å². The van der Waals surface area contributed by atoms with Crippen molar-refractivity contribution in [3.8, 4) is 5.75 Å². The number of morpholine rings is 1. The zero-order valence-corrected chi connectivity index (χ0v) is 12.5. The molecule has 0 aromatic heterocycles. The van der Waals surface area contributed by atoms with Gasteiger partial charge < -0.3 is 14.8 Å². The van der Waals surface area contributed by atoms with Gasteiger partial charge in [-0.3, -0.25) is 4.90 Å². The molecule has 1 atom stereocenters. The summed E-state index contributed by atoms with van der Waals surface area (Å²) in [6.07, 6.45) is 4.16. The van der Waals surface area contributed by atoms with Crippen LogP contribution in [0.25, 0.3) is 0 Å². The molecule has 2 aliphatic heterocycles. The second kappa shape index (κ2) is 5.95. The molecule has 1 N–H and O–H groups in total. The lowest BCUT2D eigenvalue weighted by Gasteiger charge is -2.33. The van der Waals surface area contributed by atoms with Gasteiger partial charge in [-0.1, -0.05) is 12.1 Å². The molecular formula is C17H24N2O2. The van der Waals surface area contributed by atoms with Crippen LogP contribution in [-0.4, -0.2) is 49.9 Å². The molecule has 0 radical (unpaired) electrons. The van der Waals surface area contributed by atoms with Crippen molar-refractivity contribution < 1.29 is 9.47 Å². The quantitative estimate of drug-likeness (QED) is 0.892. The van der Waals surface area contributed by atoms with E-state index in [1.54, 1.807) is 0 Å². The van der Waals surface area contributed by atoms with Crippen molar-refractivity contribution in [1.82, 2.24) is 10.2 Å². The fourth-order valence-electron chi connectivity index (χ4n) is 3.36. The first-order valence-corrected chi connectivity index (χ1v) is 8.19. The highest BCUT2D eigenvalue weighted by Crippen LogP contribution is 2.28. The van der Waals surface area contributed by atoms with Crippen molar-refractivity contribution in [2.75, 3.05) is 32.8 Å². The molecule has 0 spiro atoms. The molecule has 0 amide bonds. The van der Waals surface area contributed by atoms with Crippen molar-refractivity contribution >= 4 is 0 Å². The largest absolute Gasteiger partial charge is 0.493 e. The van der Waals surface area contributed by atoms with Crippen LogP contribution < -0.4 is 10.1 Å². The Morgan fingerprint density at radius 2 is 2.19 bits per heavy atom. The predicted molar refractivity (Wildman–Crippen MR) is 81.7 cm³/mol. The Kier molecular flexibility index (Phi) is 3.84. The van der Waals surface area contributed by atoms with Gasteiger partial charge in [0, 0.05) is 38.6 Å². The van der Waals surface area contributed by atoms with Crippen molar-refractivity contribution in [3.63, 3.8) is 0 Å². The molecule has 0 bridgehead atoms. The Morgan fingerprint density at radius 1 is 1.24 bits per heavy atom. The van der Waals surface area contributed by atoms with E-state index in [1.807, 2.05) is 0 Å². The number of rotatable bonds is 5. The van der Waals surface area contributed by atoms with Crippen molar-refractivity contribution in [2.45, 2.75) is 38.0 Å². The topological polar surface area (TPSA) is 33.7 Å². The summed E-state index contributed by atoms with van der Waals surface area (Å²) in [7, 11) is 0. The predicted octanol–water partition coefficient (Wildman–Crippen LogP) is 1.57. The molecular weight excluding hydrogens is 264 g/mol. The number of hydrogen-bond acceptors (Lipinski definition) is 4. The Bertz CT molecular complexity index is 502. The second-order valence-corrected chi connectivity index (χ2v) is 6.39. The zero-order valence-electron chi connectivity index (χ0n) is 12.5. The minimum absolute atomic E-state index is 0.345. The number of nitrogens with zero attached hydrogens (tertiary/aromatic N) is 1. The highest BCUT2D eigenvalue weighted by Gasteiger charge is 2.32. The van der Waals surface area contributed by atoms with Crippen LogP contribution in [0.2, 0.25) is 0 Å². The van der Waals surface area contributed by atoms with Crippen LogP contribution in [0.5, 0.6) is 5.75 Å². The van der Waals surface area contributed by atoms with E-state index in [2.05, 4.69) is 28.4 Å². The molecule has 21 heavy (non-hydrogen) atoms. The van der Waals surface area contributed by atoms with Gasteiger partial charge in [-0.25, -0.2) is 0 Å². The van der Waals surface area contributed by atoms with Crippen molar-refractivity contribution in [3.05, 3.63) is 29.3 Å². The molecule has 1 aromatic carbocycles. The van der Waals surface area contributed by atoms with Crippen LogP contribution in [0, 0.1) is 0 Å². The SMILES string of the molecule is c1cc2c(cc1CNCC1CN(C3CC3)CCO1)CCO2. The van der Waals surface area contributed by atoms with Gasteiger partial charge in [0.05, 0.1) is 19.3 Å². The van der Waals surface area contributed by atoms with E-state index in [9.17, 15) is 0 Å². The molecule has 3 aliphatic rings. The van der Waals surface area contributed by atoms with Crippen LogP contribution in [0.1, 0.15) is 24.0 Å². The molecule has 4 rings (SSSR count). The molecule has 1 saturated heterocycles. The number of ether oxygens (including phenoxy) is 2. The molecule has 1 aromatic rings. The number of nitrogens with one attached hydrogen (secondary N) is 1. The fourth-order valence-corrected chi connectivity index (χ4v) is 3.36. The molecule has 4 nitrogen and oxygen atoms in total. The maximum Gasteiger partial charge on any atom is 0.122 e. The van der Waals surface area contributed by atoms with Gasteiger partial charge in [-0.2, -0.15) is 0 Å². The normalized spacial score (nSPS) is 25.6. The zero-order chi connectivity index (χ0) is 14.1. The van der Waals surface area contributed by atoms with E-state index in [0.717, 1.165) is 57.6 Å². The summed E-state index contributed by atoms with van der Waals surface area (Å²) in [5.41, 5.74) is 2.69. The van der Waals surface area contributed by atoms with Crippen LogP contribution in [0.3, 0.4) is 0 Å². The molecule has 1 aliphatic carbocycles. The lowest BCUT2D eigenvalue weighted by molar-refractivity contribution is -0.0301. The molecule has 114 valence electrons.